The summed E-state index contributed by atoms with van der Waals surface area (Å²) in [6.07, 6.45) is 14.6. The maximum absolute atomic E-state index is 5.63. The number of piperazine rings is 1. The van der Waals surface area contributed by atoms with Gasteiger partial charge in [0, 0.05) is 38.1 Å². The van der Waals surface area contributed by atoms with Crippen molar-refractivity contribution in [1.82, 2.24) is 14.9 Å². The van der Waals surface area contributed by atoms with Gasteiger partial charge in [0.05, 0.1) is 12.2 Å². The van der Waals surface area contributed by atoms with Crippen LogP contribution in [0.15, 0.2) is 18.6 Å². The fraction of sp³-hybridized carbons (Fsp3) is 0.571. The summed E-state index contributed by atoms with van der Waals surface area (Å²) in [6, 6.07) is 0.920. The van der Waals surface area contributed by atoms with E-state index in [1.54, 1.807) is 12.4 Å². The van der Waals surface area contributed by atoms with Crippen molar-refractivity contribution in [3.63, 3.8) is 0 Å². The van der Waals surface area contributed by atoms with Crippen LogP contribution in [-0.4, -0.2) is 46.6 Å². The van der Waals surface area contributed by atoms with Crippen LogP contribution < -0.4 is 4.90 Å². The van der Waals surface area contributed by atoms with Crippen molar-refractivity contribution in [2.24, 2.45) is 0 Å². The molecule has 2 atom stereocenters. The van der Waals surface area contributed by atoms with Gasteiger partial charge in [-0.15, -0.1) is 6.42 Å². The summed E-state index contributed by atoms with van der Waals surface area (Å²) in [6.45, 7) is 3.06. The van der Waals surface area contributed by atoms with E-state index in [9.17, 15) is 0 Å². The third-order valence-electron chi connectivity index (χ3n) is 4.01. The van der Waals surface area contributed by atoms with Gasteiger partial charge in [-0.05, 0) is 19.3 Å². The Bertz CT molecular complexity index is 439. The van der Waals surface area contributed by atoms with E-state index in [4.69, 9.17) is 6.42 Å². The first-order valence-corrected chi connectivity index (χ1v) is 6.61. The predicted octanol–water partition coefficient (Wildman–Crippen LogP) is 1.15. The van der Waals surface area contributed by atoms with E-state index in [0.29, 0.717) is 12.1 Å². The molecule has 0 saturated carbocycles. The van der Waals surface area contributed by atoms with Crippen LogP contribution in [-0.2, 0) is 0 Å². The highest BCUT2D eigenvalue weighted by molar-refractivity contribution is 5.36. The number of aromatic nitrogens is 2. The van der Waals surface area contributed by atoms with Gasteiger partial charge in [0.15, 0.2) is 0 Å². The summed E-state index contributed by atoms with van der Waals surface area (Å²) in [5.74, 6) is 3.92. The summed E-state index contributed by atoms with van der Waals surface area (Å²) in [5, 5.41) is 0. The fourth-order valence-corrected chi connectivity index (χ4v) is 3.09. The third kappa shape index (κ3) is 2.06. The van der Waals surface area contributed by atoms with E-state index in [2.05, 4.69) is 25.7 Å². The molecule has 2 fully saturated rings. The maximum Gasteiger partial charge on any atom is 0.147 e. The van der Waals surface area contributed by atoms with Crippen molar-refractivity contribution in [1.29, 1.82) is 0 Å². The van der Waals surface area contributed by atoms with Gasteiger partial charge in [-0.25, -0.2) is 4.98 Å². The van der Waals surface area contributed by atoms with Gasteiger partial charge in [-0.1, -0.05) is 5.92 Å². The van der Waals surface area contributed by atoms with Gasteiger partial charge >= 0.3 is 0 Å². The third-order valence-corrected chi connectivity index (χ3v) is 4.01. The van der Waals surface area contributed by atoms with Gasteiger partial charge < -0.3 is 4.90 Å². The van der Waals surface area contributed by atoms with Crippen molar-refractivity contribution in [3.8, 4) is 12.3 Å². The van der Waals surface area contributed by atoms with Gasteiger partial charge in [-0.2, -0.15) is 0 Å². The molecule has 2 aliphatic heterocycles. The SMILES string of the molecule is C#C[C@H]1CCC[C@H]2CN(c3cnccn3)CCN21. The summed E-state index contributed by atoms with van der Waals surface area (Å²) in [7, 11) is 0. The van der Waals surface area contributed by atoms with E-state index < -0.39 is 0 Å². The lowest BCUT2D eigenvalue weighted by molar-refractivity contribution is 0.100. The van der Waals surface area contributed by atoms with Gasteiger partial charge in [0.25, 0.3) is 0 Å². The lowest BCUT2D eigenvalue weighted by atomic mass is 9.94. The number of nitrogens with zero attached hydrogens (tertiary/aromatic N) is 4. The monoisotopic (exact) mass is 242 g/mol. The summed E-state index contributed by atoms with van der Waals surface area (Å²) >= 11 is 0. The minimum atomic E-state index is 0.341. The second-order valence-electron chi connectivity index (χ2n) is 5.01. The minimum absolute atomic E-state index is 0.341. The van der Waals surface area contributed by atoms with Crippen LogP contribution in [0.1, 0.15) is 19.3 Å². The van der Waals surface area contributed by atoms with E-state index in [1.165, 1.54) is 12.8 Å². The van der Waals surface area contributed by atoms with Gasteiger partial charge in [0.2, 0.25) is 0 Å². The summed E-state index contributed by atoms with van der Waals surface area (Å²) in [4.78, 5) is 13.4. The molecular weight excluding hydrogens is 224 g/mol. The minimum Gasteiger partial charge on any atom is -0.352 e. The zero-order valence-corrected chi connectivity index (χ0v) is 10.5. The number of fused-ring (bicyclic) bond motifs is 1. The Morgan fingerprint density at radius 1 is 1.28 bits per heavy atom. The average Bonchev–Trinajstić information content (AvgIpc) is 2.47. The molecule has 0 bridgehead atoms. The topological polar surface area (TPSA) is 32.3 Å². The molecule has 4 nitrogen and oxygen atoms in total. The van der Waals surface area contributed by atoms with E-state index in [0.717, 1.165) is 31.9 Å². The van der Waals surface area contributed by atoms with E-state index in [1.807, 2.05) is 6.20 Å². The largest absolute Gasteiger partial charge is 0.352 e. The molecule has 4 heteroatoms. The quantitative estimate of drug-likeness (QED) is 0.692. The van der Waals surface area contributed by atoms with Crippen LogP contribution in [0.5, 0.6) is 0 Å². The number of hydrogen-bond donors (Lipinski definition) is 0. The Morgan fingerprint density at radius 3 is 3.00 bits per heavy atom. The number of piperidine rings is 1. The molecule has 1 aromatic heterocycles. The molecule has 0 unspecified atom stereocenters. The highest BCUT2D eigenvalue weighted by Gasteiger charge is 2.34. The molecule has 2 saturated heterocycles. The molecule has 2 aliphatic rings. The summed E-state index contributed by atoms with van der Waals surface area (Å²) in [5.41, 5.74) is 0. The van der Waals surface area contributed by atoms with Crippen LogP contribution in [0, 0.1) is 12.3 Å². The number of rotatable bonds is 1. The Kier molecular flexibility index (Phi) is 3.16. The van der Waals surface area contributed by atoms with Crippen LogP contribution in [0.2, 0.25) is 0 Å². The van der Waals surface area contributed by atoms with Crippen molar-refractivity contribution in [2.45, 2.75) is 31.3 Å². The van der Waals surface area contributed by atoms with Gasteiger partial charge in [0.1, 0.15) is 5.82 Å². The molecule has 3 rings (SSSR count). The molecule has 1 aromatic rings. The predicted molar refractivity (Wildman–Crippen MR) is 71.2 cm³/mol. The van der Waals surface area contributed by atoms with Crippen molar-refractivity contribution in [2.75, 3.05) is 24.5 Å². The molecule has 0 amide bonds. The Hall–Kier alpha value is -1.60. The Labute approximate surface area is 108 Å². The normalized spacial score (nSPS) is 28.5. The van der Waals surface area contributed by atoms with Crippen LogP contribution in [0.25, 0.3) is 0 Å². The summed E-state index contributed by atoms with van der Waals surface area (Å²) < 4.78 is 0. The smallest absolute Gasteiger partial charge is 0.147 e. The number of hydrogen-bond acceptors (Lipinski definition) is 4. The zero-order valence-electron chi connectivity index (χ0n) is 10.5. The first kappa shape index (κ1) is 11.5. The number of anilines is 1. The molecule has 3 heterocycles. The Morgan fingerprint density at radius 2 is 2.22 bits per heavy atom. The first-order chi connectivity index (χ1) is 8.88. The molecule has 18 heavy (non-hydrogen) atoms. The lowest BCUT2D eigenvalue weighted by Crippen LogP contribution is -2.58. The highest BCUT2D eigenvalue weighted by Crippen LogP contribution is 2.27. The fourth-order valence-electron chi connectivity index (χ4n) is 3.09. The van der Waals surface area contributed by atoms with Crippen molar-refractivity contribution < 1.29 is 0 Å². The van der Waals surface area contributed by atoms with Crippen molar-refractivity contribution >= 4 is 5.82 Å². The molecule has 0 radical (unpaired) electrons. The zero-order chi connectivity index (χ0) is 12.4. The molecule has 0 aromatic carbocycles. The maximum atomic E-state index is 5.63. The molecule has 0 N–H and O–H groups in total. The first-order valence-electron chi connectivity index (χ1n) is 6.61. The Balaban J connectivity index is 1.73. The lowest BCUT2D eigenvalue weighted by Gasteiger charge is -2.47. The van der Waals surface area contributed by atoms with E-state index in [-0.39, 0.29) is 0 Å². The standard InChI is InChI=1S/C14H18N4/c1-2-12-4-3-5-13-11-17(8-9-18(12)13)14-10-15-6-7-16-14/h1,6-7,10,12-13H,3-5,8-9,11H2/t12-,13-/m0/s1. The van der Waals surface area contributed by atoms with Gasteiger partial charge in [-0.3, -0.25) is 9.88 Å². The van der Waals surface area contributed by atoms with E-state index >= 15 is 0 Å². The van der Waals surface area contributed by atoms with Crippen LogP contribution >= 0.6 is 0 Å². The molecule has 0 aliphatic carbocycles. The number of terminal acetylenes is 1. The van der Waals surface area contributed by atoms with Crippen molar-refractivity contribution in [3.05, 3.63) is 18.6 Å². The molecular formula is C14H18N4. The molecule has 0 spiro atoms. The van der Waals surface area contributed by atoms with Crippen LogP contribution in [0.4, 0.5) is 5.82 Å². The second-order valence-corrected chi connectivity index (χ2v) is 5.01. The molecule has 94 valence electrons. The highest BCUT2D eigenvalue weighted by atomic mass is 15.3. The second kappa shape index (κ2) is 4.95. The van der Waals surface area contributed by atoms with Crippen LogP contribution in [0.3, 0.4) is 0 Å². The average molecular weight is 242 g/mol.